The SMILES string of the molecule is CC1CCC(CO)CN1S(=O)(=O)c1cnc[nH]1. The number of nitrogens with zero attached hydrogens (tertiary/aromatic N) is 2. The fourth-order valence-electron chi connectivity index (χ4n) is 2.14. The summed E-state index contributed by atoms with van der Waals surface area (Å²) in [5.41, 5.74) is 0. The maximum absolute atomic E-state index is 12.3. The van der Waals surface area contributed by atoms with Gasteiger partial charge < -0.3 is 10.1 Å². The molecule has 6 nitrogen and oxygen atoms in total. The van der Waals surface area contributed by atoms with E-state index in [2.05, 4.69) is 9.97 Å². The average molecular weight is 259 g/mol. The molecule has 0 bridgehead atoms. The predicted molar refractivity (Wildman–Crippen MR) is 61.8 cm³/mol. The minimum atomic E-state index is -3.51. The van der Waals surface area contributed by atoms with Gasteiger partial charge in [0.15, 0.2) is 5.03 Å². The molecule has 0 spiro atoms. The van der Waals surface area contributed by atoms with Crippen molar-refractivity contribution in [1.29, 1.82) is 0 Å². The van der Waals surface area contributed by atoms with Crippen molar-refractivity contribution < 1.29 is 13.5 Å². The Hall–Kier alpha value is -0.920. The van der Waals surface area contributed by atoms with Gasteiger partial charge in [-0.2, -0.15) is 4.31 Å². The van der Waals surface area contributed by atoms with Crippen LogP contribution in [0.5, 0.6) is 0 Å². The highest BCUT2D eigenvalue weighted by Gasteiger charge is 2.35. The summed E-state index contributed by atoms with van der Waals surface area (Å²) < 4.78 is 26.0. The van der Waals surface area contributed by atoms with Crippen molar-refractivity contribution >= 4 is 10.0 Å². The quantitative estimate of drug-likeness (QED) is 0.811. The molecular formula is C10H17N3O3S. The van der Waals surface area contributed by atoms with Crippen LogP contribution in [-0.2, 0) is 10.0 Å². The van der Waals surface area contributed by atoms with Gasteiger partial charge in [0.25, 0.3) is 10.0 Å². The zero-order valence-electron chi connectivity index (χ0n) is 9.70. The Morgan fingerprint density at radius 2 is 2.35 bits per heavy atom. The fraction of sp³-hybridized carbons (Fsp3) is 0.700. The summed E-state index contributed by atoms with van der Waals surface area (Å²) in [6.07, 6.45) is 4.31. The Kier molecular flexibility index (Phi) is 3.50. The van der Waals surface area contributed by atoms with Gasteiger partial charge in [0.2, 0.25) is 0 Å². The van der Waals surface area contributed by atoms with E-state index >= 15 is 0 Å². The molecule has 1 aliphatic heterocycles. The number of sulfonamides is 1. The van der Waals surface area contributed by atoms with E-state index in [0.29, 0.717) is 6.54 Å². The van der Waals surface area contributed by atoms with Crippen molar-refractivity contribution in [1.82, 2.24) is 14.3 Å². The molecule has 96 valence electrons. The summed E-state index contributed by atoms with van der Waals surface area (Å²) in [5.74, 6) is 0.0314. The molecule has 17 heavy (non-hydrogen) atoms. The van der Waals surface area contributed by atoms with Gasteiger partial charge in [-0.3, -0.25) is 0 Å². The van der Waals surface area contributed by atoms with Crippen LogP contribution in [0.2, 0.25) is 0 Å². The van der Waals surface area contributed by atoms with Crippen molar-refractivity contribution in [2.75, 3.05) is 13.2 Å². The van der Waals surface area contributed by atoms with Crippen molar-refractivity contribution in [3.8, 4) is 0 Å². The first-order valence-corrected chi connectivity index (χ1v) is 7.10. The molecule has 1 aromatic rings. The molecule has 2 N–H and O–H groups in total. The highest BCUT2D eigenvalue weighted by Crippen LogP contribution is 2.26. The van der Waals surface area contributed by atoms with Crippen LogP contribution in [0.4, 0.5) is 0 Å². The lowest BCUT2D eigenvalue weighted by molar-refractivity contribution is 0.139. The lowest BCUT2D eigenvalue weighted by Crippen LogP contribution is -2.46. The Morgan fingerprint density at radius 1 is 1.59 bits per heavy atom. The molecule has 1 saturated heterocycles. The third-order valence-corrected chi connectivity index (χ3v) is 5.15. The first kappa shape index (κ1) is 12.5. The van der Waals surface area contributed by atoms with E-state index in [4.69, 9.17) is 5.11 Å². The van der Waals surface area contributed by atoms with Gasteiger partial charge in [0.1, 0.15) is 0 Å². The first-order valence-electron chi connectivity index (χ1n) is 5.66. The molecule has 0 aromatic carbocycles. The predicted octanol–water partition coefficient (Wildman–Crippen LogP) is 0.191. The van der Waals surface area contributed by atoms with Crippen LogP contribution in [0.25, 0.3) is 0 Å². The molecule has 0 radical (unpaired) electrons. The minimum Gasteiger partial charge on any atom is -0.396 e. The summed E-state index contributed by atoms with van der Waals surface area (Å²) in [4.78, 5) is 6.36. The second-order valence-corrected chi connectivity index (χ2v) is 6.32. The molecule has 2 heterocycles. The normalized spacial score (nSPS) is 27.2. The largest absolute Gasteiger partial charge is 0.396 e. The van der Waals surface area contributed by atoms with Gasteiger partial charge in [-0.25, -0.2) is 13.4 Å². The number of H-pyrrole nitrogens is 1. The van der Waals surface area contributed by atoms with Crippen LogP contribution in [0.1, 0.15) is 19.8 Å². The van der Waals surface area contributed by atoms with E-state index in [-0.39, 0.29) is 23.6 Å². The van der Waals surface area contributed by atoms with E-state index in [9.17, 15) is 8.42 Å². The number of hydrogen-bond donors (Lipinski definition) is 2. The Morgan fingerprint density at radius 3 is 2.94 bits per heavy atom. The number of hydrogen-bond acceptors (Lipinski definition) is 4. The molecule has 1 fully saturated rings. The number of piperidine rings is 1. The smallest absolute Gasteiger partial charge is 0.260 e. The van der Waals surface area contributed by atoms with E-state index in [1.54, 1.807) is 0 Å². The van der Waals surface area contributed by atoms with Crippen molar-refractivity contribution in [2.24, 2.45) is 5.92 Å². The van der Waals surface area contributed by atoms with E-state index in [1.807, 2.05) is 6.92 Å². The van der Waals surface area contributed by atoms with E-state index < -0.39 is 10.0 Å². The highest BCUT2D eigenvalue weighted by molar-refractivity contribution is 7.89. The van der Waals surface area contributed by atoms with Crippen LogP contribution < -0.4 is 0 Å². The number of aliphatic hydroxyl groups excluding tert-OH is 1. The Balaban J connectivity index is 2.26. The van der Waals surface area contributed by atoms with Crippen molar-refractivity contribution in [3.63, 3.8) is 0 Å². The number of aromatic nitrogens is 2. The van der Waals surface area contributed by atoms with Crippen LogP contribution >= 0.6 is 0 Å². The maximum atomic E-state index is 12.3. The third-order valence-electron chi connectivity index (χ3n) is 3.24. The van der Waals surface area contributed by atoms with Crippen molar-refractivity contribution in [2.45, 2.75) is 30.8 Å². The number of aliphatic hydroxyl groups is 1. The zero-order valence-corrected chi connectivity index (χ0v) is 10.5. The van der Waals surface area contributed by atoms with Gasteiger partial charge >= 0.3 is 0 Å². The van der Waals surface area contributed by atoms with Gasteiger partial charge in [-0.15, -0.1) is 0 Å². The van der Waals surface area contributed by atoms with Gasteiger partial charge in [-0.05, 0) is 25.7 Å². The standard InChI is InChI=1S/C10H17N3O3S/c1-8-2-3-9(6-14)5-13(8)17(15,16)10-4-11-7-12-10/h4,7-9,14H,2-3,5-6H2,1H3,(H,11,12). The number of imidazole rings is 1. The molecule has 1 aromatic heterocycles. The summed E-state index contributed by atoms with van der Waals surface area (Å²) >= 11 is 0. The Bertz CT molecular complexity index is 457. The number of nitrogens with one attached hydrogen (secondary N) is 1. The summed E-state index contributed by atoms with van der Waals surface area (Å²) in [5, 5.41) is 9.26. The topological polar surface area (TPSA) is 86.3 Å². The summed E-state index contributed by atoms with van der Waals surface area (Å²) in [6, 6.07) is -0.0360. The molecule has 1 aliphatic rings. The van der Waals surface area contributed by atoms with Crippen LogP contribution in [-0.4, -0.2) is 47.0 Å². The van der Waals surface area contributed by atoms with E-state index in [1.165, 1.54) is 16.8 Å². The summed E-state index contributed by atoms with van der Waals surface area (Å²) in [6.45, 7) is 2.29. The molecule has 0 saturated carbocycles. The second kappa shape index (κ2) is 4.75. The second-order valence-electron chi connectivity index (χ2n) is 4.47. The van der Waals surface area contributed by atoms with Gasteiger partial charge in [0.05, 0.1) is 12.5 Å². The van der Waals surface area contributed by atoms with Crippen LogP contribution in [0, 0.1) is 5.92 Å². The molecule has 2 rings (SSSR count). The maximum Gasteiger partial charge on any atom is 0.260 e. The lowest BCUT2D eigenvalue weighted by atomic mass is 9.96. The van der Waals surface area contributed by atoms with Crippen molar-refractivity contribution in [3.05, 3.63) is 12.5 Å². The molecule has 0 aliphatic carbocycles. The van der Waals surface area contributed by atoms with Crippen LogP contribution in [0.3, 0.4) is 0 Å². The summed E-state index contributed by atoms with van der Waals surface area (Å²) in [7, 11) is -3.51. The minimum absolute atomic E-state index is 0.0295. The number of rotatable bonds is 3. The molecule has 0 amide bonds. The average Bonchev–Trinajstić information content (AvgIpc) is 2.83. The van der Waals surface area contributed by atoms with E-state index in [0.717, 1.165) is 12.8 Å². The fourth-order valence-corrected chi connectivity index (χ4v) is 3.78. The molecule has 7 heteroatoms. The molecule has 2 unspecified atom stereocenters. The van der Waals surface area contributed by atoms with Crippen LogP contribution in [0.15, 0.2) is 17.6 Å². The lowest BCUT2D eigenvalue weighted by Gasteiger charge is -2.35. The Labute approximate surface area is 101 Å². The number of aromatic amines is 1. The zero-order chi connectivity index (χ0) is 12.5. The molecular weight excluding hydrogens is 242 g/mol. The van der Waals surface area contributed by atoms with Gasteiger partial charge in [0, 0.05) is 19.2 Å². The first-order chi connectivity index (χ1) is 8.05. The highest BCUT2D eigenvalue weighted by atomic mass is 32.2. The molecule has 2 atom stereocenters. The monoisotopic (exact) mass is 259 g/mol. The van der Waals surface area contributed by atoms with Gasteiger partial charge in [-0.1, -0.05) is 0 Å². The third kappa shape index (κ3) is 2.36.